The molecule has 1 fully saturated rings. The molecule has 35 heavy (non-hydrogen) atoms. The fourth-order valence-corrected chi connectivity index (χ4v) is 6.19. The smallest absolute Gasteiger partial charge is 0.119 e. The summed E-state index contributed by atoms with van der Waals surface area (Å²) in [6.07, 6.45) is 3.70. The van der Waals surface area contributed by atoms with Gasteiger partial charge in [0.05, 0.1) is 7.11 Å². The summed E-state index contributed by atoms with van der Waals surface area (Å²) in [5.74, 6) is 1.53. The molecule has 1 aliphatic heterocycles. The van der Waals surface area contributed by atoms with Gasteiger partial charge in [-0.1, -0.05) is 48.5 Å². The number of rotatable bonds is 6. The summed E-state index contributed by atoms with van der Waals surface area (Å²) < 4.78 is 8.24. The van der Waals surface area contributed by atoms with Gasteiger partial charge in [0.25, 0.3) is 0 Å². The number of ether oxygens (including phenoxy) is 1. The van der Waals surface area contributed by atoms with E-state index in [1.165, 1.54) is 40.7 Å². The number of hydrogen-bond acceptors (Lipinski definition) is 3. The molecule has 180 valence electrons. The highest BCUT2D eigenvalue weighted by molar-refractivity contribution is 5.88. The summed E-state index contributed by atoms with van der Waals surface area (Å²) in [5, 5.41) is 1.39. The predicted molar refractivity (Wildman–Crippen MR) is 145 cm³/mol. The summed E-state index contributed by atoms with van der Waals surface area (Å²) in [6, 6.07) is 28.4. The van der Waals surface area contributed by atoms with Crippen molar-refractivity contribution in [2.45, 2.75) is 31.7 Å². The highest BCUT2D eigenvalue weighted by Crippen LogP contribution is 2.41. The maximum absolute atomic E-state index is 5.65. The molecule has 1 unspecified atom stereocenters. The zero-order valence-corrected chi connectivity index (χ0v) is 20.7. The van der Waals surface area contributed by atoms with Crippen LogP contribution >= 0.6 is 0 Å². The van der Waals surface area contributed by atoms with E-state index in [1.807, 2.05) is 0 Å². The molecule has 3 aromatic carbocycles. The maximum Gasteiger partial charge on any atom is 0.119 e. The molecule has 0 amide bonds. The molecule has 2 aliphatic rings. The largest absolute Gasteiger partial charge is 0.497 e. The molecule has 0 bridgehead atoms. The Kier molecular flexibility index (Phi) is 6.22. The van der Waals surface area contributed by atoms with E-state index in [2.05, 4.69) is 93.2 Å². The van der Waals surface area contributed by atoms with Gasteiger partial charge in [-0.2, -0.15) is 0 Å². The van der Waals surface area contributed by atoms with Gasteiger partial charge >= 0.3 is 0 Å². The molecule has 6 rings (SSSR count). The number of para-hydroxylation sites is 1. The Morgan fingerprint density at radius 1 is 0.857 bits per heavy atom. The monoisotopic (exact) mass is 465 g/mol. The average Bonchev–Trinajstić information content (AvgIpc) is 3.23. The standard InChI is InChI=1S/C31H35N3O/c1-35-27-15-16-29-28(21-27)31-25(11-8-14-30(31)34(29)22-24-9-4-2-5-10-24)23-32-17-19-33(20-18-32)26-12-6-3-7-13-26/h2-7,9-10,12-13,15-16,21,25H,8,11,14,17-20,22-23H2,1H3. The fraction of sp³-hybridized carbons (Fsp3) is 0.355. The Labute approximate surface area is 208 Å². The summed E-state index contributed by atoms with van der Waals surface area (Å²) >= 11 is 0. The minimum Gasteiger partial charge on any atom is -0.497 e. The molecule has 0 radical (unpaired) electrons. The lowest BCUT2D eigenvalue weighted by Crippen LogP contribution is -2.47. The highest BCUT2D eigenvalue weighted by atomic mass is 16.5. The molecule has 0 spiro atoms. The second kappa shape index (κ2) is 9.79. The van der Waals surface area contributed by atoms with E-state index in [1.54, 1.807) is 12.7 Å². The fourth-order valence-electron chi connectivity index (χ4n) is 6.19. The van der Waals surface area contributed by atoms with Crippen LogP contribution in [0.15, 0.2) is 78.9 Å². The van der Waals surface area contributed by atoms with Crippen molar-refractivity contribution in [3.63, 3.8) is 0 Å². The van der Waals surface area contributed by atoms with E-state index in [-0.39, 0.29) is 0 Å². The average molecular weight is 466 g/mol. The Morgan fingerprint density at radius 2 is 1.60 bits per heavy atom. The first-order valence-corrected chi connectivity index (χ1v) is 13.1. The lowest BCUT2D eigenvalue weighted by atomic mass is 9.84. The third-order valence-electron chi connectivity index (χ3n) is 7.95. The van der Waals surface area contributed by atoms with E-state index in [9.17, 15) is 0 Å². The minimum absolute atomic E-state index is 0.577. The number of nitrogens with zero attached hydrogens (tertiary/aromatic N) is 3. The van der Waals surface area contributed by atoms with E-state index in [0.717, 1.165) is 51.4 Å². The zero-order chi connectivity index (χ0) is 23.6. The van der Waals surface area contributed by atoms with Crippen LogP contribution in [0.25, 0.3) is 10.9 Å². The number of aromatic nitrogens is 1. The number of hydrogen-bond donors (Lipinski definition) is 0. The molecular weight excluding hydrogens is 430 g/mol. The van der Waals surface area contributed by atoms with Gasteiger partial charge in [0.2, 0.25) is 0 Å². The number of methoxy groups -OCH3 is 1. The van der Waals surface area contributed by atoms with Crippen LogP contribution in [0.1, 0.15) is 35.6 Å². The lowest BCUT2D eigenvalue weighted by molar-refractivity contribution is 0.234. The van der Waals surface area contributed by atoms with E-state index in [4.69, 9.17) is 4.74 Å². The highest BCUT2D eigenvalue weighted by Gasteiger charge is 2.30. The number of anilines is 1. The van der Waals surface area contributed by atoms with Crippen LogP contribution in [0.5, 0.6) is 5.75 Å². The normalized spacial score (nSPS) is 18.5. The predicted octanol–water partition coefficient (Wildman–Crippen LogP) is 5.94. The van der Waals surface area contributed by atoms with Crippen molar-refractivity contribution in [1.82, 2.24) is 9.47 Å². The van der Waals surface area contributed by atoms with Gasteiger partial charge in [0.1, 0.15) is 5.75 Å². The van der Waals surface area contributed by atoms with E-state index in [0.29, 0.717) is 5.92 Å². The second-order valence-electron chi connectivity index (χ2n) is 10.0. The van der Waals surface area contributed by atoms with E-state index < -0.39 is 0 Å². The number of benzene rings is 3. The molecule has 4 heteroatoms. The lowest BCUT2D eigenvalue weighted by Gasteiger charge is -2.38. The Morgan fingerprint density at radius 3 is 2.34 bits per heavy atom. The molecular formula is C31H35N3O. The molecule has 0 N–H and O–H groups in total. The van der Waals surface area contributed by atoms with Crippen LogP contribution in [0, 0.1) is 0 Å². The van der Waals surface area contributed by atoms with Gasteiger partial charge in [-0.05, 0) is 66.6 Å². The van der Waals surface area contributed by atoms with Crippen LogP contribution in [-0.2, 0) is 13.0 Å². The first-order chi connectivity index (χ1) is 17.3. The third kappa shape index (κ3) is 4.43. The van der Waals surface area contributed by atoms with Crippen molar-refractivity contribution < 1.29 is 4.74 Å². The Hall–Kier alpha value is -3.24. The maximum atomic E-state index is 5.65. The van der Waals surface area contributed by atoms with Crippen molar-refractivity contribution in [3.05, 3.63) is 95.7 Å². The molecule has 0 saturated carbocycles. The van der Waals surface area contributed by atoms with Crippen LogP contribution < -0.4 is 9.64 Å². The molecule has 1 aromatic heterocycles. The van der Waals surface area contributed by atoms with Gasteiger partial charge in [-0.25, -0.2) is 0 Å². The zero-order valence-electron chi connectivity index (χ0n) is 20.7. The Bertz CT molecular complexity index is 1270. The van der Waals surface area contributed by atoms with Crippen molar-refractivity contribution in [2.75, 3.05) is 44.7 Å². The summed E-state index contributed by atoms with van der Waals surface area (Å²) in [5.41, 5.74) is 7.17. The van der Waals surface area contributed by atoms with Crippen LogP contribution in [-0.4, -0.2) is 49.3 Å². The van der Waals surface area contributed by atoms with Gasteiger partial charge < -0.3 is 14.2 Å². The van der Waals surface area contributed by atoms with Crippen molar-refractivity contribution >= 4 is 16.6 Å². The molecule has 4 nitrogen and oxygen atoms in total. The molecule has 4 aromatic rings. The van der Waals surface area contributed by atoms with Gasteiger partial charge in [0.15, 0.2) is 0 Å². The molecule has 1 atom stereocenters. The van der Waals surface area contributed by atoms with Gasteiger partial charge in [-0.15, -0.1) is 0 Å². The molecule has 1 saturated heterocycles. The van der Waals surface area contributed by atoms with Crippen molar-refractivity contribution in [3.8, 4) is 5.75 Å². The third-order valence-corrected chi connectivity index (χ3v) is 7.95. The molecule has 2 heterocycles. The first kappa shape index (κ1) is 22.2. The van der Waals surface area contributed by atoms with Crippen LogP contribution in [0.2, 0.25) is 0 Å². The topological polar surface area (TPSA) is 20.6 Å². The van der Waals surface area contributed by atoms with Crippen LogP contribution in [0.3, 0.4) is 0 Å². The molecule has 1 aliphatic carbocycles. The second-order valence-corrected chi connectivity index (χ2v) is 10.0. The van der Waals surface area contributed by atoms with E-state index >= 15 is 0 Å². The Balaban J connectivity index is 1.28. The summed E-state index contributed by atoms with van der Waals surface area (Å²) in [7, 11) is 1.78. The quantitative estimate of drug-likeness (QED) is 0.352. The summed E-state index contributed by atoms with van der Waals surface area (Å²) in [6.45, 7) is 6.55. The number of fused-ring (bicyclic) bond motifs is 3. The summed E-state index contributed by atoms with van der Waals surface area (Å²) in [4.78, 5) is 5.22. The van der Waals surface area contributed by atoms with Crippen LogP contribution in [0.4, 0.5) is 5.69 Å². The number of piperazine rings is 1. The SMILES string of the molecule is COc1ccc2c(c1)c1c(n2Cc2ccccc2)CCCC1CN1CCN(c2ccccc2)CC1. The van der Waals surface area contributed by atoms with Crippen molar-refractivity contribution in [2.24, 2.45) is 0 Å². The van der Waals surface area contributed by atoms with Gasteiger partial charge in [0, 0.05) is 61.6 Å². The van der Waals surface area contributed by atoms with Gasteiger partial charge in [-0.3, -0.25) is 4.90 Å². The van der Waals surface area contributed by atoms with Crippen molar-refractivity contribution in [1.29, 1.82) is 0 Å². The minimum atomic E-state index is 0.577. The first-order valence-electron chi connectivity index (χ1n) is 13.1.